The third kappa shape index (κ3) is 3.48. The van der Waals surface area contributed by atoms with Crippen LogP contribution in [0.3, 0.4) is 0 Å². The zero-order chi connectivity index (χ0) is 16.2. The number of nitro groups is 1. The molecule has 2 unspecified atom stereocenters. The molecule has 1 aliphatic heterocycles. The van der Waals surface area contributed by atoms with Crippen LogP contribution in [0, 0.1) is 21.8 Å². The molecule has 2 atom stereocenters. The van der Waals surface area contributed by atoms with Crippen molar-refractivity contribution in [2.24, 2.45) is 5.92 Å². The Morgan fingerprint density at radius 3 is 2.78 bits per heavy atom. The molecule has 1 fully saturated rings. The van der Waals surface area contributed by atoms with E-state index in [4.69, 9.17) is 4.74 Å². The first-order valence-electron chi connectivity index (χ1n) is 7.49. The number of hydrogen-bond acceptors (Lipinski definition) is 4. The number of rotatable bonds is 5. The normalized spacial score (nSPS) is 20.4. The molecule has 0 amide bonds. The molecule has 2 aromatic rings. The summed E-state index contributed by atoms with van der Waals surface area (Å²) < 4.78 is 19.0. The summed E-state index contributed by atoms with van der Waals surface area (Å²) in [6.45, 7) is 1.20. The average molecular weight is 316 g/mol. The Hall–Kier alpha value is -2.47. The van der Waals surface area contributed by atoms with Gasteiger partial charge in [0.2, 0.25) is 0 Å². The van der Waals surface area contributed by atoms with Crippen LogP contribution in [0.25, 0.3) is 0 Å². The van der Waals surface area contributed by atoms with E-state index in [2.05, 4.69) is 5.32 Å². The third-order valence-corrected chi connectivity index (χ3v) is 4.05. The van der Waals surface area contributed by atoms with Gasteiger partial charge in [0.15, 0.2) is 0 Å². The molecule has 0 aliphatic carbocycles. The van der Waals surface area contributed by atoms with Gasteiger partial charge in [0.25, 0.3) is 5.69 Å². The number of ether oxygens (including phenoxy) is 1. The summed E-state index contributed by atoms with van der Waals surface area (Å²) in [7, 11) is 0. The average Bonchev–Trinajstić information content (AvgIpc) is 3.03. The van der Waals surface area contributed by atoms with Gasteiger partial charge in [-0.3, -0.25) is 10.1 Å². The molecule has 0 bridgehead atoms. The van der Waals surface area contributed by atoms with Gasteiger partial charge in [-0.1, -0.05) is 30.3 Å². The van der Waals surface area contributed by atoms with Gasteiger partial charge < -0.3 is 10.1 Å². The van der Waals surface area contributed by atoms with Gasteiger partial charge >= 0.3 is 0 Å². The van der Waals surface area contributed by atoms with E-state index >= 15 is 0 Å². The van der Waals surface area contributed by atoms with E-state index in [1.165, 1.54) is 12.1 Å². The maximum absolute atomic E-state index is 13.2. The molecular weight excluding hydrogens is 299 g/mol. The lowest BCUT2D eigenvalue weighted by Gasteiger charge is -2.20. The van der Waals surface area contributed by atoms with Crippen molar-refractivity contribution in [3.63, 3.8) is 0 Å². The number of anilines is 1. The first kappa shape index (κ1) is 15.4. The van der Waals surface area contributed by atoms with E-state index in [1.54, 1.807) is 0 Å². The van der Waals surface area contributed by atoms with Gasteiger partial charge in [-0.05, 0) is 24.1 Å². The standard InChI is InChI=1S/C17H17FN2O3/c18-14-6-7-15(16(10-14)20(21)22)19-11-13-8-9-23-17(13)12-4-2-1-3-5-12/h1-7,10,13,17,19H,8-9,11H2. The van der Waals surface area contributed by atoms with E-state index in [-0.39, 0.29) is 17.7 Å². The second kappa shape index (κ2) is 6.75. The number of nitrogens with one attached hydrogen (secondary N) is 1. The predicted molar refractivity (Wildman–Crippen MR) is 84.8 cm³/mol. The summed E-state index contributed by atoms with van der Waals surface area (Å²) in [6.07, 6.45) is 0.852. The summed E-state index contributed by atoms with van der Waals surface area (Å²) in [5, 5.41) is 14.1. The Kier molecular flexibility index (Phi) is 4.52. The van der Waals surface area contributed by atoms with Gasteiger partial charge in [-0.2, -0.15) is 0 Å². The largest absolute Gasteiger partial charge is 0.379 e. The molecule has 23 heavy (non-hydrogen) atoms. The monoisotopic (exact) mass is 316 g/mol. The fraction of sp³-hybridized carbons (Fsp3) is 0.294. The quantitative estimate of drug-likeness (QED) is 0.670. The fourth-order valence-electron chi connectivity index (χ4n) is 2.90. The molecule has 0 saturated carbocycles. The van der Waals surface area contributed by atoms with Gasteiger partial charge in [-0.15, -0.1) is 0 Å². The summed E-state index contributed by atoms with van der Waals surface area (Å²) >= 11 is 0. The molecule has 0 aromatic heterocycles. The van der Waals surface area contributed by atoms with E-state index < -0.39 is 10.7 Å². The summed E-state index contributed by atoms with van der Waals surface area (Å²) in [5.41, 5.74) is 1.18. The first-order valence-corrected chi connectivity index (χ1v) is 7.49. The lowest BCUT2D eigenvalue weighted by Crippen LogP contribution is -2.18. The lowest BCUT2D eigenvalue weighted by molar-refractivity contribution is -0.384. The van der Waals surface area contributed by atoms with Crippen LogP contribution in [0.1, 0.15) is 18.1 Å². The van der Waals surface area contributed by atoms with Crippen LogP contribution < -0.4 is 5.32 Å². The molecule has 1 N–H and O–H groups in total. The molecule has 1 heterocycles. The molecule has 2 aromatic carbocycles. The summed E-state index contributed by atoms with van der Waals surface area (Å²) in [6, 6.07) is 13.5. The second-order valence-corrected chi connectivity index (χ2v) is 5.55. The van der Waals surface area contributed by atoms with Crippen molar-refractivity contribution in [3.8, 4) is 0 Å². The fourth-order valence-corrected chi connectivity index (χ4v) is 2.90. The number of hydrogen-bond donors (Lipinski definition) is 1. The van der Waals surface area contributed by atoms with E-state index in [1.807, 2.05) is 30.3 Å². The summed E-state index contributed by atoms with van der Waals surface area (Å²) in [5.74, 6) is -0.407. The highest BCUT2D eigenvalue weighted by atomic mass is 19.1. The van der Waals surface area contributed by atoms with E-state index in [9.17, 15) is 14.5 Å². The zero-order valence-corrected chi connectivity index (χ0v) is 12.4. The highest BCUT2D eigenvalue weighted by Gasteiger charge is 2.29. The van der Waals surface area contributed by atoms with Gasteiger partial charge in [0, 0.05) is 19.1 Å². The Bertz CT molecular complexity index is 693. The Morgan fingerprint density at radius 2 is 2.04 bits per heavy atom. The molecule has 1 aliphatic rings. The topological polar surface area (TPSA) is 64.4 Å². The molecule has 0 spiro atoms. The number of halogens is 1. The summed E-state index contributed by atoms with van der Waals surface area (Å²) in [4.78, 5) is 10.5. The highest BCUT2D eigenvalue weighted by Crippen LogP contribution is 2.35. The molecule has 3 rings (SSSR count). The Morgan fingerprint density at radius 1 is 1.26 bits per heavy atom. The van der Waals surface area contributed by atoms with Crippen LogP contribution in [0.15, 0.2) is 48.5 Å². The van der Waals surface area contributed by atoms with E-state index in [0.29, 0.717) is 18.8 Å². The molecule has 5 nitrogen and oxygen atoms in total. The van der Waals surface area contributed by atoms with Crippen molar-refractivity contribution in [3.05, 3.63) is 70.0 Å². The Labute approximate surface area is 133 Å². The van der Waals surface area contributed by atoms with Crippen molar-refractivity contribution in [2.45, 2.75) is 12.5 Å². The predicted octanol–water partition coefficient (Wildman–Crippen LogP) is 3.92. The van der Waals surface area contributed by atoms with Crippen molar-refractivity contribution >= 4 is 11.4 Å². The molecule has 120 valence electrons. The molecule has 1 saturated heterocycles. The Balaban J connectivity index is 1.72. The van der Waals surface area contributed by atoms with Crippen LogP contribution in [0.4, 0.5) is 15.8 Å². The van der Waals surface area contributed by atoms with Gasteiger partial charge in [0.1, 0.15) is 11.5 Å². The van der Waals surface area contributed by atoms with Gasteiger partial charge in [0.05, 0.1) is 17.1 Å². The van der Waals surface area contributed by atoms with Crippen LogP contribution >= 0.6 is 0 Å². The minimum atomic E-state index is -0.617. The SMILES string of the molecule is O=[N+]([O-])c1cc(F)ccc1NCC1CCOC1c1ccccc1. The van der Waals surface area contributed by atoms with Gasteiger partial charge in [-0.25, -0.2) is 4.39 Å². The van der Waals surface area contributed by atoms with Crippen molar-refractivity contribution in [1.82, 2.24) is 0 Å². The minimum absolute atomic E-state index is 0.0248. The number of nitro benzene ring substituents is 1. The maximum Gasteiger partial charge on any atom is 0.295 e. The highest BCUT2D eigenvalue weighted by molar-refractivity contribution is 5.61. The lowest BCUT2D eigenvalue weighted by atomic mass is 9.95. The maximum atomic E-state index is 13.2. The number of nitrogens with zero attached hydrogens (tertiary/aromatic N) is 1. The third-order valence-electron chi connectivity index (χ3n) is 4.05. The van der Waals surface area contributed by atoms with Crippen LogP contribution in [-0.4, -0.2) is 18.1 Å². The van der Waals surface area contributed by atoms with Crippen LogP contribution in [0.2, 0.25) is 0 Å². The van der Waals surface area contributed by atoms with Crippen molar-refractivity contribution in [2.75, 3.05) is 18.5 Å². The number of benzene rings is 2. The van der Waals surface area contributed by atoms with Crippen LogP contribution in [0.5, 0.6) is 0 Å². The van der Waals surface area contributed by atoms with Crippen molar-refractivity contribution in [1.29, 1.82) is 0 Å². The van der Waals surface area contributed by atoms with Crippen molar-refractivity contribution < 1.29 is 14.1 Å². The second-order valence-electron chi connectivity index (χ2n) is 5.55. The molecular formula is C17H17FN2O3. The zero-order valence-electron chi connectivity index (χ0n) is 12.4. The van der Waals surface area contributed by atoms with Crippen LogP contribution in [-0.2, 0) is 4.74 Å². The molecule has 0 radical (unpaired) electrons. The minimum Gasteiger partial charge on any atom is -0.379 e. The molecule has 6 heteroatoms. The van der Waals surface area contributed by atoms with E-state index in [0.717, 1.165) is 18.1 Å². The smallest absolute Gasteiger partial charge is 0.295 e. The first-order chi connectivity index (χ1) is 11.1.